The van der Waals surface area contributed by atoms with Gasteiger partial charge in [0.25, 0.3) is 0 Å². The van der Waals surface area contributed by atoms with E-state index in [9.17, 15) is 0 Å². The van der Waals surface area contributed by atoms with Gasteiger partial charge in [0.1, 0.15) is 5.01 Å². The van der Waals surface area contributed by atoms with Crippen LogP contribution >= 0.6 is 23.6 Å². The van der Waals surface area contributed by atoms with Crippen LogP contribution in [0.15, 0.2) is 24.2 Å². The van der Waals surface area contributed by atoms with Crippen LogP contribution in [0.3, 0.4) is 0 Å². The maximum atomic E-state index is 5.20. The van der Waals surface area contributed by atoms with E-state index in [-0.39, 0.29) is 5.92 Å². The van der Waals surface area contributed by atoms with Crippen LogP contribution in [0.2, 0.25) is 0 Å². The van der Waals surface area contributed by atoms with Crippen molar-refractivity contribution in [3.63, 3.8) is 0 Å². The Morgan fingerprint density at radius 2 is 2.69 bits per heavy atom. The minimum atomic E-state index is 0.204. The zero-order valence-electron chi connectivity index (χ0n) is 7.49. The second kappa shape index (κ2) is 5.09. The van der Waals surface area contributed by atoms with E-state index in [1.165, 1.54) is 0 Å². The monoisotopic (exact) mass is 212 g/mol. The van der Waals surface area contributed by atoms with Gasteiger partial charge in [-0.1, -0.05) is 18.3 Å². The molecule has 0 saturated heterocycles. The highest BCUT2D eigenvalue weighted by molar-refractivity contribution is 7.80. The van der Waals surface area contributed by atoms with Crippen LogP contribution in [0.4, 0.5) is 0 Å². The first kappa shape index (κ1) is 10.3. The molecule has 0 amide bonds. The number of thiazole rings is 1. The summed E-state index contributed by atoms with van der Waals surface area (Å²) in [7, 11) is 0. The van der Waals surface area contributed by atoms with E-state index in [0.717, 1.165) is 10.00 Å². The fourth-order valence-corrected chi connectivity index (χ4v) is 1.86. The van der Waals surface area contributed by atoms with Crippen molar-refractivity contribution >= 4 is 28.5 Å². The lowest BCUT2D eigenvalue weighted by molar-refractivity contribution is 0.927. The van der Waals surface area contributed by atoms with E-state index in [4.69, 9.17) is 12.2 Å². The summed E-state index contributed by atoms with van der Waals surface area (Å²) in [5.74, 6) is 0.204. The van der Waals surface area contributed by atoms with Gasteiger partial charge < -0.3 is 5.32 Å². The molecule has 1 rings (SSSR count). The van der Waals surface area contributed by atoms with Crippen LogP contribution in [-0.2, 0) is 0 Å². The number of hydrogen-bond donors (Lipinski definition) is 1. The summed E-state index contributed by atoms with van der Waals surface area (Å²) in [5, 5.41) is 6.12. The third-order valence-corrected chi connectivity index (χ3v) is 3.09. The Labute approximate surface area is 87.7 Å². The highest BCUT2D eigenvalue weighted by Gasteiger charge is 2.12. The molecule has 0 aliphatic carbocycles. The van der Waals surface area contributed by atoms with Crippen LogP contribution in [0.25, 0.3) is 0 Å². The second-order valence-electron chi connectivity index (χ2n) is 2.63. The Kier molecular flexibility index (Phi) is 4.05. The van der Waals surface area contributed by atoms with E-state index in [2.05, 4.69) is 23.8 Å². The SMILES string of the molecule is C=CCNC(=S)C(C)c1nccs1. The number of aromatic nitrogens is 1. The first-order chi connectivity index (χ1) is 6.25. The first-order valence-corrected chi connectivity index (χ1v) is 5.32. The van der Waals surface area contributed by atoms with Gasteiger partial charge in [-0.2, -0.15) is 0 Å². The minimum Gasteiger partial charge on any atom is -0.376 e. The second-order valence-corrected chi connectivity index (χ2v) is 3.99. The van der Waals surface area contributed by atoms with Gasteiger partial charge in [0.05, 0.1) is 10.9 Å². The average Bonchev–Trinajstić information content (AvgIpc) is 2.65. The fourth-order valence-electron chi connectivity index (χ4n) is 0.886. The van der Waals surface area contributed by atoms with Gasteiger partial charge in [-0.25, -0.2) is 4.98 Å². The Morgan fingerprint density at radius 1 is 1.92 bits per heavy atom. The summed E-state index contributed by atoms with van der Waals surface area (Å²) >= 11 is 6.83. The van der Waals surface area contributed by atoms with Crippen molar-refractivity contribution < 1.29 is 0 Å². The quantitative estimate of drug-likeness (QED) is 0.612. The van der Waals surface area contributed by atoms with Crippen molar-refractivity contribution in [1.29, 1.82) is 0 Å². The molecule has 2 nitrogen and oxygen atoms in total. The smallest absolute Gasteiger partial charge is 0.102 e. The summed E-state index contributed by atoms with van der Waals surface area (Å²) in [6.07, 6.45) is 3.59. The lowest BCUT2D eigenvalue weighted by atomic mass is 10.2. The predicted octanol–water partition coefficient (Wildman–Crippen LogP) is 2.35. The third kappa shape index (κ3) is 2.90. The van der Waals surface area contributed by atoms with Crippen LogP contribution in [0.5, 0.6) is 0 Å². The molecular weight excluding hydrogens is 200 g/mol. The first-order valence-electron chi connectivity index (χ1n) is 4.03. The Bertz CT molecular complexity index is 280. The summed E-state index contributed by atoms with van der Waals surface area (Å²) < 4.78 is 0. The molecule has 0 radical (unpaired) electrons. The Morgan fingerprint density at radius 3 is 3.23 bits per heavy atom. The summed E-state index contributed by atoms with van der Waals surface area (Å²) in [6, 6.07) is 0. The van der Waals surface area contributed by atoms with Gasteiger partial charge in [-0.15, -0.1) is 17.9 Å². The molecule has 1 N–H and O–H groups in total. The lowest BCUT2D eigenvalue weighted by Crippen LogP contribution is -2.26. The number of hydrogen-bond acceptors (Lipinski definition) is 3. The molecule has 1 aromatic heterocycles. The van der Waals surface area contributed by atoms with E-state index in [1.54, 1.807) is 23.6 Å². The molecule has 1 atom stereocenters. The number of rotatable bonds is 4. The normalized spacial score (nSPS) is 12.1. The van der Waals surface area contributed by atoms with E-state index < -0.39 is 0 Å². The van der Waals surface area contributed by atoms with Crippen molar-refractivity contribution in [2.75, 3.05) is 6.54 Å². The molecule has 1 unspecified atom stereocenters. The molecule has 0 fully saturated rings. The molecule has 0 spiro atoms. The largest absolute Gasteiger partial charge is 0.376 e. The molecule has 13 heavy (non-hydrogen) atoms. The van der Waals surface area contributed by atoms with E-state index >= 15 is 0 Å². The molecule has 0 aliphatic rings. The molecule has 0 aromatic carbocycles. The van der Waals surface area contributed by atoms with E-state index in [1.807, 2.05) is 5.38 Å². The van der Waals surface area contributed by atoms with E-state index in [0.29, 0.717) is 6.54 Å². The summed E-state index contributed by atoms with van der Waals surface area (Å²) in [6.45, 7) is 6.39. The Balaban J connectivity index is 2.52. The average molecular weight is 212 g/mol. The van der Waals surface area contributed by atoms with Crippen molar-refractivity contribution in [2.45, 2.75) is 12.8 Å². The van der Waals surface area contributed by atoms with Gasteiger partial charge in [0.15, 0.2) is 0 Å². The maximum Gasteiger partial charge on any atom is 0.102 e. The van der Waals surface area contributed by atoms with Gasteiger partial charge in [0, 0.05) is 18.1 Å². The van der Waals surface area contributed by atoms with Gasteiger partial charge in [0.2, 0.25) is 0 Å². The Hall–Kier alpha value is -0.740. The van der Waals surface area contributed by atoms with Crippen LogP contribution in [-0.4, -0.2) is 16.5 Å². The fraction of sp³-hybridized carbons (Fsp3) is 0.333. The zero-order valence-corrected chi connectivity index (χ0v) is 9.12. The van der Waals surface area contributed by atoms with Crippen LogP contribution in [0.1, 0.15) is 17.8 Å². The van der Waals surface area contributed by atoms with Crippen molar-refractivity contribution in [1.82, 2.24) is 10.3 Å². The molecule has 1 aromatic rings. The molecule has 70 valence electrons. The third-order valence-electron chi connectivity index (χ3n) is 1.64. The van der Waals surface area contributed by atoms with Crippen LogP contribution < -0.4 is 5.32 Å². The number of thiocarbonyl (C=S) groups is 1. The predicted molar refractivity (Wildman–Crippen MR) is 61.3 cm³/mol. The standard InChI is InChI=1S/C9H12N2S2/c1-3-4-10-8(12)7(2)9-11-5-6-13-9/h3,5-7H,1,4H2,2H3,(H,10,12). The van der Waals surface area contributed by atoms with Gasteiger partial charge >= 0.3 is 0 Å². The van der Waals surface area contributed by atoms with Gasteiger partial charge in [-0.3, -0.25) is 0 Å². The number of nitrogens with one attached hydrogen (secondary N) is 1. The molecular formula is C9H12N2S2. The topological polar surface area (TPSA) is 24.9 Å². The van der Waals surface area contributed by atoms with Crippen LogP contribution in [0, 0.1) is 0 Å². The maximum absolute atomic E-state index is 5.20. The number of nitrogens with zero attached hydrogens (tertiary/aromatic N) is 1. The lowest BCUT2D eigenvalue weighted by Gasteiger charge is -2.10. The zero-order chi connectivity index (χ0) is 9.68. The highest BCUT2D eigenvalue weighted by atomic mass is 32.1. The summed E-state index contributed by atoms with van der Waals surface area (Å²) in [5.41, 5.74) is 0. The highest BCUT2D eigenvalue weighted by Crippen LogP contribution is 2.18. The molecule has 1 heterocycles. The molecule has 0 bridgehead atoms. The van der Waals surface area contributed by atoms with Gasteiger partial charge in [-0.05, 0) is 6.92 Å². The van der Waals surface area contributed by atoms with Crippen molar-refractivity contribution in [2.24, 2.45) is 0 Å². The van der Waals surface area contributed by atoms with Crippen molar-refractivity contribution in [3.8, 4) is 0 Å². The molecule has 4 heteroatoms. The van der Waals surface area contributed by atoms with Crippen molar-refractivity contribution in [3.05, 3.63) is 29.2 Å². The summed E-state index contributed by atoms with van der Waals surface area (Å²) in [4.78, 5) is 5.04. The molecule has 0 aliphatic heterocycles. The minimum absolute atomic E-state index is 0.204. The molecule has 0 saturated carbocycles.